The summed E-state index contributed by atoms with van der Waals surface area (Å²) in [6, 6.07) is 0. The lowest BCUT2D eigenvalue weighted by Gasteiger charge is -2.34. The van der Waals surface area contributed by atoms with E-state index in [9.17, 15) is 49.4 Å². The first-order valence-corrected chi connectivity index (χ1v) is 7.81. The van der Waals surface area contributed by atoms with Crippen LogP contribution in [0.3, 0.4) is 0 Å². The molecule has 0 saturated carbocycles. The van der Waals surface area contributed by atoms with Crippen LogP contribution < -0.4 is 0 Å². The molecular weight excluding hydrogens is 395 g/mol. The van der Waals surface area contributed by atoms with Crippen LogP contribution in [0.2, 0.25) is 0 Å². The molecule has 0 radical (unpaired) electrons. The maximum absolute atomic E-state index is 12.7. The molecular formula is C16H21F9O2. The number of aliphatic hydroxyl groups is 1. The minimum Gasteiger partial charge on any atom is -0.511 e. The highest BCUT2D eigenvalue weighted by Crippen LogP contribution is 2.47. The zero-order chi connectivity index (χ0) is 22.1. The fraction of sp³-hybridized carbons (Fsp3) is 0.812. The van der Waals surface area contributed by atoms with Gasteiger partial charge < -0.3 is 5.11 Å². The molecule has 0 aliphatic heterocycles. The van der Waals surface area contributed by atoms with Crippen LogP contribution >= 0.6 is 0 Å². The third-order valence-corrected chi connectivity index (χ3v) is 4.37. The van der Waals surface area contributed by atoms with E-state index in [1.807, 2.05) is 0 Å². The van der Waals surface area contributed by atoms with Crippen molar-refractivity contribution in [2.75, 3.05) is 0 Å². The molecule has 1 N–H and O–H groups in total. The van der Waals surface area contributed by atoms with Crippen LogP contribution in [0.15, 0.2) is 11.3 Å². The Labute approximate surface area is 150 Å². The molecule has 0 aromatic carbocycles. The molecule has 0 aliphatic carbocycles. The van der Waals surface area contributed by atoms with E-state index in [1.165, 1.54) is 6.92 Å². The smallest absolute Gasteiger partial charge is 0.390 e. The van der Waals surface area contributed by atoms with Crippen molar-refractivity contribution < 1.29 is 49.4 Å². The van der Waals surface area contributed by atoms with Crippen molar-refractivity contribution in [1.82, 2.24) is 0 Å². The number of hydrogen-bond acceptors (Lipinski definition) is 2. The van der Waals surface area contributed by atoms with Gasteiger partial charge in [-0.15, -0.1) is 0 Å². The first-order chi connectivity index (χ1) is 11.7. The van der Waals surface area contributed by atoms with Crippen molar-refractivity contribution in [1.29, 1.82) is 0 Å². The van der Waals surface area contributed by atoms with E-state index in [-0.39, 0.29) is 6.42 Å². The molecule has 0 bridgehead atoms. The van der Waals surface area contributed by atoms with Gasteiger partial charge in [0.25, 0.3) is 0 Å². The van der Waals surface area contributed by atoms with E-state index in [0.717, 1.165) is 13.8 Å². The molecule has 1 atom stereocenters. The minimum absolute atomic E-state index is 0.384. The number of carbonyl (C=O) groups is 1. The highest BCUT2D eigenvalue weighted by atomic mass is 19.4. The molecule has 0 aromatic heterocycles. The molecule has 0 aliphatic rings. The monoisotopic (exact) mass is 416 g/mol. The number of ketones is 1. The van der Waals surface area contributed by atoms with Crippen LogP contribution in [0.5, 0.6) is 0 Å². The first kappa shape index (κ1) is 25.6. The summed E-state index contributed by atoms with van der Waals surface area (Å²) in [7, 11) is 0. The lowest BCUT2D eigenvalue weighted by Crippen LogP contribution is -2.37. The zero-order valence-electron chi connectivity index (χ0n) is 15.1. The quantitative estimate of drug-likeness (QED) is 0.286. The Morgan fingerprint density at radius 2 is 1.04 bits per heavy atom. The standard InChI is InChI=1S/C16H21F9O2/c1-5-12(3,6-14(17,18)19)10(26)9(2)11(27)13(4,7-15(20,21)22)8-16(23,24)25/h27H,5-8H2,1-4H3/b11-9-. The zero-order valence-corrected chi connectivity index (χ0v) is 15.1. The van der Waals surface area contributed by atoms with Crippen LogP contribution in [0.4, 0.5) is 39.5 Å². The molecule has 0 amide bonds. The van der Waals surface area contributed by atoms with Gasteiger partial charge in [-0.25, -0.2) is 0 Å². The van der Waals surface area contributed by atoms with Gasteiger partial charge in [0.1, 0.15) is 5.76 Å². The summed E-state index contributed by atoms with van der Waals surface area (Å²) in [4.78, 5) is 12.4. The molecule has 0 heterocycles. The highest BCUT2D eigenvalue weighted by Gasteiger charge is 2.51. The third-order valence-electron chi connectivity index (χ3n) is 4.37. The van der Waals surface area contributed by atoms with E-state index >= 15 is 0 Å². The van der Waals surface area contributed by atoms with E-state index in [2.05, 4.69) is 0 Å². The second-order valence-electron chi connectivity index (χ2n) is 7.15. The highest BCUT2D eigenvalue weighted by molar-refractivity contribution is 5.99. The Morgan fingerprint density at radius 3 is 1.30 bits per heavy atom. The van der Waals surface area contributed by atoms with Crippen LogP contribution in [-0.4, -0.2) is 29.4 Å². The van der Waals surface area contributed by atoms with E-state index in [4.69, 9.17) is 0 Å². The molecule has 1 unspecified atom stereocenters. The summed E-state index contributed by atoms with van der Waals surface area (Å²) in [6.07, 6.45) is -21.2. The van der Waals surface area contributed by atoms with Gasteiger partial charge in [-0.2, -0.15) is 39.5 Å². The van der Waals surface area contributed by atoms with Crippen LogP contribution in [0, 0.1) is 10.8 Å². The fourth-order valence-corrected chi connectivity index (χ4v) is 2.94. The van der Waals surface area contributed by atoms with Crippen molar-refractivity contribution in [3.8, 4) is 0 Å². The lowest BCUT2D eigenvalue weighted by molar-refractivity contribution is -0.190. The van der Waals surface area contributed by atoms with Crippen LogP contribution in [0.1, 0.15) is 53.4 Å². The van der Waals surface area contributed by atoms with Crippen molar-refractivity contribution in [2.24, 2.45) is 10.8 Å². The van der Waals surface area contributed by atoms with Crippen LogP contribution in [0.25, 0.3) is 0 Å². The van der Waals surface area contributed by atoms with Gasteiger partial charge in [-0.05, 0) is 13.3 Å². The summed E-state index contributed by atoms with van der Waals surface area (Å²) in [5.74, 6) is -2.86. The Balaban J connectivity index is 6.20. The maximum atomic E-state index is 12.7. The largest absolute Gasteiger partial charge is 0.511 e. The normalized spacial score (nSPS) is 17.4. The van der Waals surface area contributed by atoms with Gasteiger partial charge in [0.05, 0.1) is 19.3 Å². The minimum atomic E-state index is -5.11. The molecule has 27 heavy (non-hydrogen) atoms. The maximum Gasteiger partial charge on any atom is 0.390 e. The van der Waals surface area contributed by atoms with Gasteiger partial charge in [0, 0.05) is 16.4 Å². The Kier molecular flexibility index (Phi) is 7.49. The van der Waals surface area contributed by atoms with E-state index < -0.39 is 65.7 Å². The number of rotatable bonds is 7. The number of alkyl halides is 9. The van der Waals surface area contributed by atoms with Gasteiger partial charge in [0.2, 0.25) is 0 Å². The number of aliphatic hydroxyl groups excluding tert-OH is 1. The third kappa shape index (κ3) is 8.00. The second kappa shape index (κ2) is 7.90. The van der Waals surface area contributed by atoms with Gasteiger partial charge >= 0.3 is 18.5 Å². The van der Waals surface area contributed by atoms with Crippen molar-refractivity contribution in [3.63, 3.8) is 0 Å². The Morgan fingerprint density at radius 1 is 0.741 bits per heavy atom. The SMILES string of the molecule is CCC(C)(CC(F)(F)F)C(=O)/C(C)=C(\O)C(C)(CC(F)(F)F)CC(F)(F)F. The lowest BCUT2D eigenvalue weighted by atomic mass is 9.73. The summed E-state index contributed by atoms with van der Waals surface area (Å²) in [6.45, 7) is 3.31. The summed E-state index contributed by atoms with van der Waals surface area (Å²) >= 11 is 0. The summed E-state index contributed by atoms with van der Waals surface area (Å²) in [5, 5.41) is 10.1. The van der Waals surface area contributed by atoms with Crippen molar-refractivity contribution in [2.45, 2.75) is 71.9 Å². The Hall–Kier alpha value is -1.42. The molecule has 0 spiro atoms. The predicted molar refractivity (Wildman–Crippen MR) is 78.9 cm³/mol. The molecule has 0 saturated heterocycles. The molecule has 11 heteroatoms. The number of Topliss-reactive ketones (excluding diaryl/α,β-unsaturated/α-hetero) is 1. The molecule has 2 nitrogen and oxygen atoms in total. The first-order valence-electron chi connectivity index (χ1n) is 7.81. The van der Waals surface area contributed by atoms with E-state index in [0.29, 0.717) is 6.92 Å². The van der Waals surface area contributed by atoms with Gasteiger partial charge in [-0.1, -0.05) is 20.8 Å². The van der Waals surface area contributed by atoms with E-state index in [1.54, 1.807) is 0 Å². The number of allylic oxidation sites excluding steroid dienone is 2. The van der Waals surface area contributed by atoms with Crippen molar-refractivity contribution in [3.05, 3.63) is 11.3 Å². The topological polar surface area (TPSA) is 37.3 Å². The predicted octanol–water partition coefficient (Wildman–Crippen LogP) is 6.67. The second-order valence-corrected chi connectivity index (χ2v) is 7.15. The molecule has 0 rings (SSSR count). The fourth-order valence-electron chi connectivity index (χ4n) is 2.94. The van der Waals surface area contributed by atoms with Crippen LogP contribution in [-0.2, 0) is 4.79 Å². The molecule has 0 aromatic rings. The van der Waals surface area contributed by atoms with Crippen molar-refractivity contribution >= 4 is 5.78 Å². The molecule has 160 valence electrons. The number of carbonyl (C=O) groups excluding carboxylic acids is 1. The summed E-state index contributed by atoms with van der Waals surface area (Å²) < 4.78 is 115. The average Bonchev–Trinajstić information content (AvgIpc) is 2.38. The Bertz CT molecular complexity index is 554. The van der Waals surface area contributed by atoms with Gasteiger partial charge in [-0.3, -0.25) is 4.79 Å². The average molecular weight is 416 g/mol. The number of hydrogen-bond donors (Lipinski definition) is 1. The summed E-state index contributed by atoms with van der Waals surface area (Å²) in [5.41, 5.74) is -6.02. The van der Waals surface area contributed by atoms with Gasteiger partial charge in [0.15, 0.2) is 5.78 Å². The number of halogens is 9. The molecule has 0 fully saturated rings.